The minimum atomic E-state index is -0.481. The lowest BCUT2D eigenvalue weighted by atomic mass is 10.0. The number of nitrogens with one attached hydrogen (secondary N) is 1. The average Bonchev–Trinajstić information content (AvgIpc) is 2.82. The fourth-order valence-corrected chi connectivity index (χ4v) is 2.94. The van der Waals surface area contributed by atoms with Crippen LogP contribution < -0.4 is 14.8 Å². The molecular weight excluding hydrogens is 405 g/mol. The van der Waals surface area contributed by atoms with Gasteiger partial charge in [-0.15, -0.1) is 0 Å². The smallest absolute Gasteiger partial charge is 0.413 e. The van der Waals surface area contributed by atoms with E-state index in [1.54, 1.807) is 6.07 Å². The van der Waals surface area contributed by atoms with Gasteiger partial charge in [-0.2, -0.15) is 0 Å². The number of rotatable bonds is 3. The maximum Gasteiger partial charge on any atom is 0.413 e. The summed E-state index contributed by atoms with van der Waals surface area (Å²) in [6.45, 7) is 4.47. The molecule has 0 unspecified atom stereocenters. The van der Waals surface area contributed by atoms with Gasteiger partial charge in [-0.05, 0) is 60.2 Å². The Morgan fingerprint density at radius 3 is 2.74 bits per heavy atom. The van der Waals surface area contributed by atoms with Crippen LogP contribution in [0.2, 0.25) is 0 Å². The highest BCUT2D eigenvalue weighted by molar-refractivity contribution is 14.1. The minimum Gasteiger partial charge on any atom is -0.483 e. The maximum absolute atomic E-state index is 12.0. The molecule has 0 saturated heterocycles. The van der Waals surface area contributed by atoms with E-state index in [1.165, 1.54) is 0 Å². The van der Waals surface area contributed by atoms with Crippen molar-refractivity contribution in [2.24, 2.45) is 0 Å². The summed E-state index contributed by atoms with van der Waals surface area (Å²) in [5, 5.41) is 2.76. The van der Waals surface area contributed by atoms with E-state index in [-0.39, 0.29) is 5.60 Å². The molecular formula is C18H18INO3. The Bertz CT molecular complexity index is 726. The Hall–Kier alpha value is -1.76. The summed E-state index contributed by atoms with van der Waals surface area (Å²) in [6.07, 6.45) is 0.328. The first-order valence-corrected chi connectivity index (χ1v) is 8.52. The maximum atomic E-state index is 12.0. The number of carbonyl (C=O) groups is 1. The zero-order chi connectivity index (χ0) is 16.4. The number of fused-ring (bicyclic) bond motifs is 1. The number of carbonyl (C=O) groups excluding carboxylic acids is 1. The molecule has 0 saturated carbocycles. The van der Waals surface area contributed by atoms with Crippen LogP contribution >= 0.6 is 22.6 Å². The van der Waals surface area contributed by atoms with E-state index in [9.17, 15) is 4.79 Å². The zero-order valence-corrected chi connectivity index (χ0v) is 15.2. The second kappa shape index (κ2) is 6.39. The van der Waals surface area contributed by atoms with Crippen LogP contribution in [0.3, 0.4) is 0 Å². The number of amides is 1. The second-order valence-corrected chi connectivity index (χ2v) is 7.40. The highest BCUT2D eigenvalue weighted by Crippen LogP contribution is 2.41. The van der Waals surface area contributed by atoms with Gasteiger partial charge >= 0.3 is 6.09 Å². The molecule has 0 aromatic heterocycles. The fraction of sp³-hybridized carbons (Fsp3) is 0.278. The normalized spacial score (nSPS) is 14.7. The first-order valence-electron chi connectivity index (χ1n) is 7.44. The number of hydrogen-bond donors (Lipinski definition) is 1. The van der Waals surface area contributed by atoms with Crippen molar-refractivity contribution in [2.45, 2.75) is 32.4 Å². The predicted molar refractivity (Wildman–Crippen MR) is 96.9 cm³/mol. The van der Waals surface area contributed by atoms with Crippen molar-refractivity contribution in [3.05, 3.63) is 57.2 Å². The molecule has 0 atom stereocenters. The van der Waals surface area contributed by atoms with E-state index in [2.05, 4.69) is 27.9 Å². The van der Waals surface area contributed by atoms with Gasteiger partial charge in [-0.25, -0.2) is 4.79 Å². The summed E-state index contributed by atoms with van der Waals surface area (Å²) in [4.78, 5) is 12.0. The summed E-state index contributed by atoms with van der Waals surface area (Å²) in [6, 6.07) is 13.6. The van der Waals surface area contributed by atoms with Crippen molar-refractivity contribution in [2.75, 3.05) is 0 Å². The second-order valence-electron chi connectivity index (χ2n) is 6.15. The lowest BCUT2D eigenvalue weighted by molar-refractivity contribution is 0.133. The molecule has 1 heterocycles. The van der Waals surface area contributed by atoms with Gasteiger partial charge in [0.15, 0.2) is 11.5 Å². The molecule has 4 nitrogen and oxygen atoms in total. The summed E-state index contributed by atoms with van der Waals surface area (Å²) < 4.78 is 12.5. The Morgan fingerprint density at radius 2 is 2.00 bits per heavy atom. The average molecular weight is 423 g/mol. The van der Waals surface area contributed by atoms with Crippen molar-refractivity contribution in [1.29, 1.82) is 0 Å². The number of benzene rings is 2. The van der Waals surface area contributed by atoms with Crippen LogP contribution in [-0.2, 0) is 13.0 Å². The third-order valence-electron chi connectivity index (χ3n) is 3.61. The number of hydrogen-bond acceptors (Lipinski definition) is 3. The first kappa shape index (κ1) is 16.1. The molecule has 1 aliphatic rings. The third kappa shape index (κ3) is 3.96. The molecule has 2 aromatic carbocycles. The molecule has 0 fully saturated rings. The van der Waals surface area contributed by atoms with Crippen molar-refractivity contribution < 1.29 is 14.3 Å². The van der Waals surface area contributed by atoms with Gasteiger partial charge in [0.2, 0.25) is 0 Å². The molecule has 1 aliphatic heterocycles. The Labute approximate surface area is 149 Å². The molecule has 2 aromatic rings. The molecule has 0 spiro atoms. The largest absolute Gasteiger partial charge is 0.483 e. The fourth-order valence-electron chi connectivity index (χ4n) is 2.58. The van der Waals surface area contributed by atoms with E-state index >= 15 is 0 Å². The molecule has 0 radical (unpaired) electrons. The van der Waals surface area contributed by atoms with Gasteiger partial charge in [-0.1, -0.05) is 24.3 Å². The van der Waals surface area contributed by atoms with Crippen molar-refractivity contribution >= 4 is 28.7 Å². The van der Waals surface area contributed by atoms with Crippen LogP contribution in [0.4, 0.5) is 4.79 Å². The van der Waals surface area contributed by atoms with Crippen molar-refractivity contribution in [3.8, 4) is 11.5 Å². The van der Waals surface area contributed by atoms with Gasteiger partial charge in [0.1, 0.15) is 5.60 Å². The quantitative estimate of drug-likeness (QED) is 0.750. The molecule has 1 N–H and O–H groups in total. The van der Waals surface area contributed by atoms with Gasteiger partial charge in [0, 0.05) is 22.1 Å². The molecule has 5 heteroatoms. The summed E-state index contributed by atoms with van der Waals surface area (Å²) in [7, 11) is 0. The van der Waals surface area contributed by atoms with Crippen molar-refractivity contribution in [1.82, 2.24) is 5.32 Å². The van der Waals surface area contributed by atoms with Crippen LogP contribution in [-0.4, -0.2) is 11.7 Å². The van der Waals surface area contributed by atoms with E-state index in [1.807, 2.05) is 50.2 Å². The molecule has 0 bridgehead atoms. The van der Waals surface area contributed by atoms with Crippen LogP contribution in [0.1, 0.15) is 25.0 Å². The lowest BCUT2D eigenvalue weighted by Crippen LogP contribution is -2.27. The molecule has 0 aliphatic carbocycles. The van der Waals surface area contributed by atoms with E-state index < -0.39 is 6.09 Å². The van der Waals surface area contributed by atoms with Gasteiger partial charge in [0.05, 0.1) is 0 Å². The molecule has 120 valence electrons. The molecule has 1 amide bonds. The van der Waals surface area contributed by atoms with Gasteiger partial charge in [-0.3, -0.25) is 0 Å². The summed E-state index contributed by atoms with van der Waals surface area (Å²) in [5.74, 6) is 1.13. The minimum absolute atomic E-state index is 0.264. The highest BCUT2D eigenvalue weighted by atomic mass is 127. The Kier molecular flexibility index (Phi) is 4.48. The van der Waals surface area contributed by atoms with Crippen LogP contribution in [0, 0.1) is 3.57 Å². The first-order chi connectivity index (χ1) is 10.9. The lowest BCUT2D eigenvalue weighted by Gasteiger charge is -2.18. The summed E-state index contributed by atoms with van der Waals surface area (Å²) in [5.41, 5.74) is 1.83. The van der Waals surface area contributed by atoms with Crippen LogP contribution in [0.25, 0.3) is 0 Å². The number of para-hydroxylation sites is 1. The summed E-state index contributed by atoms with van der Waals surface area (Å²) >= 11 is 2.25. The zero-order valence-electron chi connectivity index (χ0n) is 13.1. The van der Waals surface area contributed by atoms with Gasteiger partial charge < -0.3 is 14.8 Å². The highest BCUT2D eigenvalue weighted by Gasteiger charge is 2.32. The monoisotopic (exact) mass is 423 g/mol. The van der Waals surface area contributed by atoms with E-state index in [0.29, 0.717) is 18.0 Å². The van der Waals surface area contributed by atoms with Crippen LogP contribution in [0.5, 0.6) is 11.5 Å². The third-order valence-corrected chi connectivity index (χ3v) is 4.33. The Balaban J connectivity index is 1.63. The Morgan fingerprint density at radius 1 is 1.26 bits per heavy atom. The van der Waals surface area contributed by atoms with Gasteiger partial charge in [0.25, 0.3) is 0 Å². The standard InChI is InChI=1S/C18H18INO3/c1-18(2)10-13-4-3-5-15(16(13)23-18)22-17(21)20-11-12-6-8-14(19)9-7-12/h3-9H,10-11H2,1-2H3,(H,20,21). The molecule has 23 heavy (non-hydrogen) atoms. The van der Waals surface area contributed by atoms with E-state index in [0.717, 1.165) is 21.1 Å². The van der Waals surface area contributed by atoms with Crippen molar-refractivity contribution in [3.63, 3.8) is 0 Å². The van der Waals surface area contributed by atoms with E-state index in [4.69, 9.17) is 9.47 Å². The SMILES string of the molecule is CC1(C)Cc2cccc(OC(=O)NCc3ccc(I)cc3)c2O1. The topological polar surface area (TPSA) is 47.6 Å². The number of ether oxygens (including phenoxy) is 2. The number of halogens is 1. The molecule has 3 rings (SSSR count). The van der Waals surface area contributed by atoms with Crippen LogP contribution in [0.15, 0.2) is 42.5 Å². The predicted octanol–water partition coefficient (Wildman–Crippen LogP) is 4.29.